The van der Waals surface area contributed by atoms with Crippen molar-refractivity contribution in [3.63, 3.8) is 0 Å². The zero-order chi connectivity index (χ0) is 15.8. The second kappa shape index (κ2) is 5.50. The van der Waals surface area contributed by atoms with Crippen LogP contribution in [0.25, 0.3) is 11.0 Å². The van der Waals surface area contributed by atoms with Crippen molar-refractivity contribution >= 4 is 22.8 Å². The van der Waals surface area contributed by atoms with E-state index in [1.54, 1.807) is 12.3 Å². The highest BCUT2D eigenvalue weighted by atomic mass is 16.1. The number of amides is 1. The summed E-state index contributed by atoms with van der Waals surface area (Å²) >= 11 is 0. The van der Waals surface area contributed by atoms with Gasteiger partial charge >= 0.3 is 0 Å². The topological polar surface area (TPSA) is 59.8 Å². The van der Waals surface area contributed by atoms with Gasteiger partial charge in [-0.15, -0.1) is 0 Å². The van der Waals surface area contributed by atoms with Gasteiger partial charge in [-0.2, -0.15) is 0 Å². The summed E-state index contributed by atoms with van der Waals surface area (Å²) in [6.07, 6.45) is 4.45. The molecule has 3 aromatic rings. The second-order valence-corrected chi connectivity index (χ2v) is 6.07. The summed E-state index contributed by atoms with van der Waals surface area (Å²) < 4.78 is 2.17. The fourth-order valence-corrected chi connectivity index (χ4v) is 2.89. The number of carbonyl (C=O) groups excluding carboxylic acids is 1. The number of aromatic nitrogens is 3. The highest BCUT2D eigenvalue weighted by Gasteiger charge is 2.28. The Kier molecular flexibility index (Phi) is 3.33. The number of aryl methyl sites for hydroxylation is 1. The minimum absolute atomic E-state index is 0.0682. The molecule has 1 N–H and O–H groups in total. The Bertz CT molecular complexity index is 865. The molecule has 0 saturated heterocycles. The molecule has 2 heterocycles. The van der Waals surface area contributed by atoms with Crippen LogP contribution in [-0.2, 0) is 18.3 Å². The lowest BCUT2D eigenvalue weighted by Crippen LogP contribution is -2.15. The van der Waals surface area contributed by atoms with E-state index in [9.17, 15) is 4.79 Å². The van der Waals surface area contributed by atoms with Crippen molar-refractivity contribution in [1.82, 2.24) is 14.5 Å². The van der Waals surface area contributed by atoms with Crippen LogP contribution < -0.4 is 5.32 Å². The fraction of sp³-hybridized carbons (Fsp3) is 0.278. The lowest BCUT2D eigenvalue weighted by molar-refractivity contribution is -0.115. The first kappa shape index (κ1) is 13.9. The van der Waals surface area contributed by atoms with Crippen LogP contribution in [-0.4, -0.2) is 20.4 Å². The van der Waals surface area contributed by atoms with Gasteiger partial charge in [0.2, 0.25) is 5.91 Å². The number of imidazole rings is 1. The Hall–Kier alpha value is -2.69. The van der Waals surface area contributed by atoms with Crippen LogP contribution >= 0.6 is 0 Å². The Morgan fingerprint density at radius 1 is 1.30 bits per heavy atom. The molecule has 0 spiro atoms. The van der Waals surface area contributed by atoms with Crippen LogP contribution in [0.3, 0.4) is 0 Å². The molecular formula is C18H18N4O. The molecule has 1 amide bonds. The van der Waals surface area contributed by atoms with E-state index < -0.39 is 0 Å². The number of anilines is 1. The quantitative estimate of drug-likeness (QED) is 0.806. The SMILES string of the molecule is Cn1c(C2CC2)nc2cc(CC(=O)Nc3ccccn3)ccc21. The van der Waals surface area contributed by atoms with Gasteiger partial charge in [-0.05, 0) is 42.7 Å². The molecule has 5 nitrogen and oxygen atoms in total. The van der Waals surface area contributed by atoms with Crippen LogP contribution in [0.2, 0.25) is 0 Å². The third-order valence-corrected chi connectivity index (χ3v) is 4.22. The van der Waals surface area contributed by atoms with Crippen LogP contribution in [0.1, 0.15) is 30.1 Å². The number of pyridine rings is 1. The number of benzene rings is 1. The fourth-order valence-electron chi connectivity index (χ4n) is 2.89. The molecule has 0 unspecified atom stereocenters. The molecule has 5 heteroatoms. The predicted molar refractivity (Wildman–Crippen MR) is 89.3 cm³/mol. The van der Waals surface area contributed by atoms with E-state index in [2.05, 4.69) is 28.0 Å². The number of rotatable bonds is 4. The third-order valence-electron chi connectivity index (χ3n) is 4.22. The number of hydrogen-bond donors (Lipinski definition) is 1. The lowest BCUT2D eigenvalue weighted by Gasteiger charge is -2.04. The Balaban J connectivity index is 1.53. The molecule has 0 bridgehead atoms. The molecule has 1 saturated carbocycles. The van der Waals surface area contributed by atoms with E-state index in [0.29, 0.717) is 18.2 Å². The highest BCUT2D eigenvalue weighted by Crippen LogP contribution is 2.40. The van der Waals surface area contributed by atoms with E-state index >= 15 is 0 Å². The standard InChI is InChI=1S/C18H18N4O/c1-22-15-8-5-12(10-14(15)20-18(22)13-6-7-13)11-17(23)21-16-4-2-3-9-19-16/h2-5,8-10,13H,6-7,11H2,1H3,(H,19,21,23). The molecule has 1 aliphatic carbocycles. The largest absolute Gasteiger partial charge is 0.331 e. The van der Waals surface area contributed by atoms with Crippen LogP contribution in [0.4, 0.5) is 5.82 Å². The minimum Gasteiger partial charge on any atom is -0.331 e. The summed E-state index contributed by atoms with van der Waals surface area (Å²) in [6.45, 7) is 0. The molecular weight excluding hydrogens is 288 g/mol. The van der Waals surface area contributed by atoms with E-state index in [1.165, 1.54) is 12.8 Å². The average molecular weight is 306 g/mol. The van der Waals surface area contributed by atoms with Crippen molar-refractivity contribution in [1.29, 1.82) is 0 Å². The maximum Gasteiger partial charge on any atom is 0.229 e. The van der Waals surface area contributed by atoms with Crippen LogP contribution in [0.5, 0.6) is 0 Å². The summed E-state index contributed by atoms with van der Waals surface area (Å²) in [4.78, 5) is 21.0. The molecule has 1 aromatic carbocycles. The first-order valence-corrected chi connectivity index (χ1v) is 7.87. The molecule has 1 fully saturated rings. The highest BCUT2D eigenvalue weighted by molar-refractivity contribution is 5.92. The van der Waals surface area contributed by atoms with Gasteiger partial charge in [0.1, 0.15) is 11.6 Å². The van der Waals surface area contributed by atoms with Gasteiger partial charge in [-0.3, -0.25) is 4.79 Å². The molecule has 1 aliphatic rings. The molecule has 0 aliphatic heterocycles. The monoisotopic (exact) mass is 306 g/mol. The lowest BCUT2D eigenvalue weighted by atomic mass is 10.1. The van der Waals surface area contributed by atoms with Crippen molar-refractivity contribution in [3.8, 4) is 0 Å². The maximum atomic E-state index is 12.1. The number of nitrogens with zero attached hydrogens (tertiary/aromatic N) is 3. The van der Waals surface area contributed by atoms with E-state index in [0.717, 1.165) is 22.4 Å². The summed E-state index contributed by atoms with van der Waals surface area (Å²) in [6, 6.07) is 11.5. The molecule has 0 radical (unpaired) electrons. The summed E-state index contributed by atoms with van der Waals surface area (Å²) in [5, 5.41) is 2.81. The van der Waals surface area contributed by atoms with Crippen LogP contribution in [0.15, 0.2) is 42.6 Å². The smallest absolute Gasteiger partial charge is 0.229 e. The van der Waals surface area contributed by atoms with Gasteiger partial charge in [-0.25, -0.2) is 9.97 Å². The van der Waals surface area contributed by atoms with E-state index in [1.807, 2.05) is 24.3 Å². The molecule has 2 aromatic heterocycles. The first-order chi connectivity index (χ1) is 11.2. The van der Waals surface area contributed by atoms with Gasteiger partial charge in [0, 0.05) is 19.2 Å². The maximum absolute atomic E-state index is 12.1. The normalized spacial score (nSPS) is 14.1. The van der Waals surface area contributed by atoms with Gasteiger partial charge in [0.05, 0.1) is 17.5 Å². The summed E-state index contributed by atoms with van der Waals surface area (Å²) in [5.41, 5.74) is 3.06. The zero-order valence-corrected chi connectivity index (χ0v) is 13.0. The molecule has 0 atom stereocenters. The number of hydrogen-bond acceptors (Lipinski definition) is 3. The van der Waals surface area contributed by atoms with Crippen molar-refractivity contribution in [2.45, 2.75) is 25.2 Å². The zero-order valence-electron chi connectivity index (χ0n) is 13.0. The Morgan fingerprint density at radius 2 is 2.17 bits per heavy atom. The second-order valence-electron chi connectivity index (χ2n) is 6.07. The van der Waals surface area contributed by atoms with Gasteiger partial charge in [0.25, 0.3) is 0 Å². The van der Waals surface area contributed by atoms with Crippen molar-refractivity contribution in [2.24, 2.45) is 7.05 Å². The number of nitrogens with one attached hydrogen (secondary N) is 1. The summed E-state index contributed by atoms with van der Waals surface area (Å²) in [7, 11) is 2.07. The number of carbonyl (C=O) groups is 1. The minimum atomic E-state index is -0.0682. The average Bonchev–Trinajstić information content (AvgIpc) is 3.33. The van der Waals surface area contributed by atoms with Crippen molar-refractivity contribution < 1.29 is 4.79 Å². The van der Waals surface area contributed by atoms with Gasteiger partial charge < -0.3 is 9.88 Å². The predicted octanol–water partition coefficient (Wildman–Crippen LogP) is 3.03. The molecule has 4 rings (SSSR count). The van der Waals surface area contributed by atoms with E-state index in [4.69, 9.17) is 4.98 Å². The molecule has 23 heavy (non-hydrogen) atoms. The van der Waals surface area contributed by atoms with Gasteiger partial charge in [-0.1, -0.05) is 12.1 Å². The Labute approximate surface area is 134 Å². The van der Waals surface area contributed by atoms with Crippen molar-refractivity contribution in [3.05, 3.63) is 54.0 Å². The number of fused-ring (bicyclic) bond motifs is 1. The van der Waals surface area contributed by atoms with Crippen LogP contribution in [0, 0.1) is 0 Å². The third kappa shape index (κ3) is 2.82. The summed E-state index contributed by atoms with van der Waals surface area (Å²) in [5.74, 6) is 2.28. The van der Waals surface area contributed by atoms with Crippen molar-refractivity contribution in [2.75, 3.05) is 5.32 Å². The van der Waals surface area contributed by atoms with E-state index in [-0.39, 0.29) is 5.91 Å². The molecule has 116 valence electrons. The van der Waals surface area contributed by atoms with Gasteiger partial charge in [0.15, 0.2) is 0 Å². The first-order valence-electron chi connectivity index (χ1n) is 7.87. The Morgan fingerprint density at radius 3 is 2.91 bits per heavy atom.